The topological polar surface area (TPSA) is 34.0 Å². The molecule has 0 saturated heterocycles. The van der Waals surface area contributed by atoms with Crippen molar-refractivity contribution in [2.75, 3.05) is 0 Å². The van der Waals surface area contributed by atoms with Gasteiger partial charge in [0, 0.05) is 12.6 Å². The van der Waals surface area contributed by atoms with Gasteiger partial charge in [0.1, 0.15) is 11.7 Å². The number of hydrogen-bond acceptors (Lipinski definition) is 3. The van der Waals surface area contributed by atoms with Gasteiger partial charge in [-0.2, -0.15) is 0 Å². The molecule has 4 aromatic rings. The summed E-state index contributed by atoms with van der Waals surface area (Å²) in [7, 11) is 0. The molecule has 4 rings (SSSR count). The predicted molar refractivity (Wildman–Crippen MR) is 118 cm³/mol. The Kier molecular flexibility index (Phi) is 5.72. The van der Waals surface area contributed by atoms with Gasteiger partial charge in [0.15, 0.2) is 0 Å². The Morgan fingerprint density at radius 3 is 2.10 bits per heavy atom. The molecule has 0 saturated carbocycles. The van der Waals surface area contributed by atoms with Gasteiger partial charge in [0.05, 0.1) is 5.52 Å². The number of rotatable bonds is 7. The molecule has 0 radical (unpaired) electrons. The maximum atomic E-state index is 4.58. The Hall–Kier alpha value is -2.98. The van der Waals surface area contributed by atoms with Gasteiger partial charge in [0.2, 0.25) is 0 Å². The second-order valence-corrected chi connectivity index (χ2v) is 7.92. The molecule has 0 N–H and O–H groups in total. The number of aromatic nitrogens is 3. The van der Waals surface area contributed by atoms with E-state index >= 15 is 0 Å². The van der Waals surface area contributed by atoms with Gasteiger partial charge in [-0.05, 0) is 36.1 Å². The summed E-state index contributed by atoms with van der Waals surface area (Å²) in [5.41, 5.74) is 4.61. The van der Waals surface area contributed by atoms with Crippen molar-refractivity contribution < 1.29 is 0 Å². The molecular formula is C25H28N4. The molecule has 29 heavy (non-hydrogen) atoms. The minimum absolute atomic E-state index is 0.0813. The lowest BCUT2D eigenvalue weighted by Gasteiger charge is -2.39. The molecule has 0 bridgehead atoms. The molecule has 0 fully saturated rings. The van der Waals surface area contributed by atoms with Crippen molar-refractivity contribution in [1.82, 2.24) is 19.9 Å². The van der Waals surface area contributed by atoms with Crippen LogP contribution in [0.3, 0.4) is 0 Å². The molecule has 148 valence electrons. The van der Waals surface area contributed by atoms with Gasteiger partial charge in [-0.15, -0.1) is 5.10 Å². The van der Waals surface area contributed by atoms with Crippen LogP contribution >= 0.6 is 0 Å². The Labute approximate surface area is 172 Å². The van der Waals surface area contributed by atoms with E-state index in [9.17, 15) is 0 Å². The summed E-state index contributed by atoms with van der Waals surface area (Å²) in [6.45, 7) is 7.65. The van der Waals surface area contributed by atoms with E-state index in [1.165, 1.54) is 11.1 Å². The van der Waals surface area contributed by atoms with Crippen LogP contribution in [-0.2, 0) is 6.54 Å². The van der Waals surface area contributed by atoms with Gasteiger partial charge in [0.25, 0.3) is 0 Å². The molecule has 0 aliphatic heterocycles. The van der Waals surface area contributed by atoms with Gasteiger partial charge in [-0.25, -0.2) is 4.68 Å². The largest absolute Gasteiger partial charge is 0.270 e. The fourth-order valence-corrected chi connectivity index (χ4v) is 4.07. The van der Waals surface area contributed by atoms with Crippen molar-refractivity contribution in [2.24, 2.45) is 5.92 Å². The first-order valence-electron chi connectivity index (χ1n) is 10.3. The van der Waals surface area contributed by atoms with Crippen LogP contribution in [0.25, 0.3) is 11.0 Å². The standard InChI is InChI=1S/C25H28N4/c1-19(2)25(29-24-17-11-10-16-23(24)26-27-29)28(18-21-12-6-4-7-13-21)20(3)22-14-8-5-9-15-22/h4-17,19-20,25H,18H2,1-3H3/t20-,25?/m0/s1. The summed E-state index contributed by atoms with van der Waals surface area (Å²) in [5, 5.41) is 9.01. The molecule has 1 aromatic heterocycles. The van der Waals surface area contributed by atoms with Crippen molar-refractivity contribution in [1.29, 1.82) is 0 Å². The zero-order valence-electron chi connectivity index (χ0n) is 17.3. The van der Waals surface area contributed by atoms with E-state index in [0.717, 1.165) is 17.6 Å². The minimum Gasteiger partial charge on any atom is -0.270 e. The molecule has 4 heteroatoms. The van der Waals surface area contributed by atoms with Gasteiger partial charge < -0.3 is 0 Å². The predicted octanol–water partition coefficient (Wildman–Crippen LogP) is 5.85. The molecule has 0 amide bonds. The lowest BCUT2D eigenvalue weighted by Crippen LogP contribution is -2.38. The zero-order valence-corrected chi connectivity index (χ0v) is 17.3. The molecule has 0 aliphatic rings. The second kappa shape index (κ2) is 8.58. The Morgan fingerprint density at radius 2 is 1.41 bits per heavy atom. The quantitative estimate of drug-likeness (QED) is 0.401. The van der Waals surface area contributed by atoms with Gasteiger partial charge >= 0.3 is 0 Å². The highest BCUT2D eigenvalue weighted by Gasteiger charge is 2.30. The molecule has 1 heterocycles. The molecule has 0 aliphatic carbocycles. The first-order valence-corrected chi connectivity index (χ1v) is 10.3. The fraction of sp³-hybridized carbons (Fsp3) is 0.280. The lowest BCUT2D eigenvalue weighted by molar-refractivity contribution is 0.0426. The first-order chi connectivity index (χ1) is 14.1. The van der Waals surface area contributed by atoms with Crippen LogP contribution < -0.4 is 0 Å². The number of para-hydroxylation sites is 1. The van der Waals surface area contributed by atoms with Crippen molar-refractivity contribution >= 4 is 11.0 Å². The van der Waals surface area contributed by atoms with Crippen LogP contribution in [0.4, 0.5) is 0 Å². The maximum absolute atomic E-state index is 4.58. The third-order valence-corrected chi connectivity index (χ3v) is 5.55. The highest BCUT2D eigenvalue weighted by atomic mass is 15.5. The monoisotopic (exact) mass is 384 g/mol. The lowest BCUT2D eigenvalue weighted by atomic mass is 10.0. The first kappa shape index (κ1) is 19.3. The maximum Gasteiger partial charge on any atom is 0.113 e. The number of fused-ring (bicyclic) bond motifs is 1. The van der Waals surface area contributed by atoms with Gasteiger partial charge in [-0.3, -0.25) is 4.90 Å². The van der Waals surface area contributed by atoms with E-state index in [4.69, 9.17) is 0 Å². The molecule has 1 unspecified atom stereocenters. The van der Waals surface area contributed by atoms with Crippen LogP contribution in [0.15, 0.2) is 84.9 Å². The SMILES string of the molecule is CC(C)C(N(Cc1ccccc1)[C@@H](C)c1ccccc1)n1nnc2ccccc21. The highest BCUT2D eigenvalue weighted by Crippen LogP contribution is 2.34. The van der Waals surface area contributed by atoms with Crippen LogP contribution in [0, 0.1) is 5.92 Å². The van der Waals surface area contributed by atoms with Crippen molar-refractivity contribution in [2.45, 2.75) is 39.5 Å². The summed E-state index contributed by atoms with van der Waals surface area (Å²) in [6, 6.07) is 29.8. The Bertz CT molecular complexity index is 1040. The van der Waals surface area contributed by atoms with E-state index < -0.39 is 0 Å². The molecule has 4 nitrogen and oxygen atoms in total. The van der Waals surface area contributed by atoms with Crippen LogP contribution in [0.5, 0.6) is 0 Å². The van der Waals surface area contributed by atoms with Crippen LogP contribution in [-0.4, -0.2) is 19.9 Å². The van der Waals surface area contributed by atoms with Gasteiger partial charge in [-0.1, -0.05) is 91.9 Å². The van der Waals surface area contributed by atoms with Crippen molar-refractivity contribution in [3.8, 4) is 0 Å². The molecule has 2 atom stereocenters. The van der Waals surface area contributed by atoms with Crippen molar-refractivity contribution in [3.63, 3.8) is 0 Å². The van der Waals surface area contributed by atoms with E-state index in [1.54, 1.807) is 0 Å². The number of hydrogen-bond donors (Lipinski definition) is 0. The number of benzene rings is 3. The molecule has 0 spiro atoms. The summed E-state index contributed by atoms with van der Waals surface area (Å²) in [5.74, 6) is 0.356. The average Bonchev–Trinajstić information content (AvgIpc) is 3.18. The normalized spacial score (nSPS) is 13.8. The number of nitrogens with zero attached hydrogens (tertiary/aromatic N) is 4. The molecule has 3 aromatic carbocycles. The zero-order chi connectivity index (χ0) is 20.2. The van der Waals surface area contributed by atoms with E-state index in [-0.39, 0.29) is 12.2 Å². The van der Waals surface area contributed by atoms with Crippen LogP contribution in [0.2, 0.25) is 0 Å². The Balaban J connectivity index is 1.80. The summed E-state index contributed by atoms with van der Waals surface area (Å²) in [4.78, 5) is 2.54. The van der Waals surface area contributed by atoms with E-state index in [2.05, 4.69) is 113 Å². The second-order valence-electron chi connectivity index (χ2n) is 7.92. The third-order valence-electron chi connectivity index (χ3n) is 5.55. The van der Waals surface area contributed by atoms with Crippen LogP contribution in [0.1, 0.15) is 44.1 Å². The third kappa shape index (κ3) is 4.08. The average molecular weight is 385 g/mol. The smallest absolute Gasteiger partial charge is 0.113 e. The Morgan fingerprint density at radius 1 is 0.793 bits per heavy atom. The highest BCUT2D eigenvalue weighted by molar-refractivity contribution is 5.73. The van der Waals surface area contributed by atoms with E-state index in [1.807, 2.05) is 12.1 Å². The summed E-state index contributed by atoms with van der Waals surface area (Å²) in [6.07, 6.45) is 0.0813. The van der Waals surface area contributed by atoms with Crippen molar-refractivity contribution in [3.05, 3.63) is 96.1 Å². The van der Waals surface area contributed by atoms with E-state index in [0.29, 0.717) is 5.92 Å². The minimum atomic E-state index is 0.0813. The summed E-state index contributed by atoms with van der Waals surface area (Å²) < 4.78 is 2.10. The summed E-state index contributed by atoms with van der Waals surface area (Å²) >= 11 is 0. The fourth-order valence-electron chi connectivity index (χ4n) is 4.07. The molecular weight excluding hydrogens is 356 g/mol.